The first-order valence-electron chi connectivity index (χ1n) is 11.2. The van der Waals surface area contributed by atoms with E-state index in [1.54, 1.807) is 36.4 Å². The van der Waals surface area contributed by atoms with Gasteiger partial charge in [0.05, 0.1) is 0 Å². The van der Waals surface area contributed by atoms with Gasteiger partial charge in [-0.1, -0.05) is 13.8 Å². The Morgan fingerprint density at radius 1 is 0.647 bits per heavy atom. The number of nitrogens with two attached hydrogens (primary N) is 2. The van der Waals surface area contributed by atoms with Crippen molar-refractivity contribution in [2.75, 3.05) is 11.5 Å². The fourth-order valence-electron chi connectivity index (χ4n) is 5.12. The van der Waals surface area contributed by atoms with E-state index >= 15 is 0 Å². The Hall–Kier alpha value is -4.20. The highest BCUT2D eigenvalue weighted by atomic mass is 16.2. The van der Waals surface area contributed by atoms with Gasteiger partial charge >= 0.3 is 0 Å². The minimum Gasteiger partial charge on any atom is -0.399 e. The van der Waals surface area contributed by atoms with Crippen molar-refractivity contribution in [3.05, 3.63) is 58.9 Å². The first kappa shape index (κ1) is 21.6. The van der Waals surface area contributed by atoms with E-state index in [0.29, 0.717) is 68.5 Å². The highest BCUT2D eigenvalue weighted by molar-refractivity contribution is 6.64. The molecule has 6 N–H and O–H groups in total. The van der Waals surface area contributed by atoms with Crippen molar-refractivity contribution in [1.29, 1.82) is 0 Å². The summed E-state index contributed by atoms with van der Waals surface area (Å²) in [5.41, 5.74) is 16.1. The smallest absolute Gasteiger partial charge is 0.214 e. The number of carbonyl (C=O) groups excluding carboxylic acids is 4. The van der Waals surface area contributed by atoms with Gasteiger partial charge in [0.1, 0.15) is 11.8 Å². The molecule has 0 radical (unpaired) electrons. The number of aryl methyl sites for hydroxylation is 2. The van der Waals surface area contributed by atoms with Crippen molar-refractivity contribution in [3.8, 4) is 0 Å². The van der Waals surface area contributed by atoms with Crippen LogP contribution in [0.1, 0.15) is 48.2 Å². The van der Waals surface area contributed by atoms with E-state index < -0.39 is 35.0 Å². The van der Waals surface area contributed by atoms with E-state index in [0.717, 1.165) is 0 Å². The van der Waals surface area contributed by atoms with Crippen LogP contribution < -0.4 is 11.5 Å². The summed E-state index contributed by atoms with van der Waals surface area (Å²) in [5.74, 6) is -6.49. The lowest BCUT2D eigenvalue weighted by Gasteiger charge is -2.25. The van der Waals surface area contributed by atoms with Crippen molar-refractivity contribution < 1.29 is 19.2 Å². The van der Waals surface area contributed by atoms with Crippen molar-refractivity contribution >= 4 is 56.3 Å². The number of hydrogen-bond donors (Lipinski definition) is 4. The molecule has 8 nitrogen and oxygen atoms in total. The van der Waals surface area contributed by atoms with Crippen LogP contribution >= 0.6 is 0 Å². The van der Waals surface area contributed by atoms with E-state index in [1.807, 2.05) is 13.8 Å². The second-order valence-electron chi connectivity index (χ2n) is 8.67. The number of Topliss-reactive ketones (excluding diaryl/α,β-unsaturated/α-hetero) is 4. The number of fused-ring (bicyclic) bond motifs is 2. The Kier molecular flexibility index (Phi) is 4.89. The lowest BCUT2D eigenvalue weighted by Crippen LogP contribution is -2.46. The summed E-state index contributed by atoms with van der Waals surface area (Å²) in [6.07, 6.45) is 0.961. The van der Waals surface area contributed by atoms with Gasteiger partial charge in [0, 0.05) is 44.6 Å². The van der Waals surface area contributed by atoms with Gasteiger partial charge in [0.2, 0.25) is 23.1 Å². The number of carbonyl (C=O) groups is 4. The molecule has 1 aliphatic carbocycles. The molecular formula is C26H24N4O4. The molecule has 4 aromatic rings. The van der Waals surface area contributed by atoms with Gasteiger partial charge in [-0.05, 0) is 60.4 Å². The number of H-pyrrole nitrogens is 2. The number of nitrogen functional groups attached to an aromatic ring is 2. The SMILES string of the molecule is CCc1[nH]c2ccc(N)cc2c1C1C(=O)C(=O)C(c2c(CC)[nH]c3ccc(N)cc23)C(=O)C1=O. The highest BCUT2D eigenvalue weighted by Gasteiger charge is 2.52. The predicted molar refractivity (Wildman–Crippen MR) is 130 cm³/mol. The lowest BCUT2D eigenvalue weighted by atomic mass is 9.71. The number of hydrogen-bond acceptors (Lipinski definition) is 6. The molecule has 1 aliphatic rings. The molecule has 0 bridgehead atoms. The number of aromatic nitrogens is 2. The molecule has 5 rings (SSSR count). The van der Waals surface area contributed by atoms with Crippen molar-refractivity contribution in [2.45, 2.75) is 38.5 Å². The Morgan fingerprint density at radius 2 is 1.00 bits per heavy atom. The van der Waals surface area contributed by atoms with Crippen LogP contribution in [-0.2, 0) is 32.0 Å². The zero-order valence-corrected chi connectivity index (χ0v) is 18.8. The van der Waals surface area contributed by atoms with Gasteiger partial charge in [0.25, 0.3) is 0 Å². The molecular weight excluding hydrogens is 432 g/mol. The number of ketones is 4. The van der Waals surface area contributed by atoms with E-state index in [1.165, 1.54) is 0 Å². The van der Waals surface area contributed by atoms with Crippen molar-refractivity contribution in [2.24, 2.45) is 0 Å². The molecule has 2 aromatic heterocycles. The average Bonchev–Trinajstić information content (AvgIpc) is 3.36. The van der Waals surface area contributed by atoms with E-state index in [2.05, 4.69) is 9.97 Å². The minimum absolute atomic E-state index is 0.360. The molecule has 1 fully saturated rings. The summed E-state index contributed by atoms with van der Waals surface area (Å²) in [4.78, 5) is 60.3. The van der Waals surface area contributed by atoms with Gasteiger partial charge in [-0.2, -0.15) is 0 Å². The second kappa shape index (κ2) is 7.69. The van der Waals surface area contributed by atoms with E-state index in [4.69, 9.17) is 11.5 Å². The van der Waals surface area contributed by atoms with Gasteiger partial charge < -0.3 is 21.4 Å². The van der Waals surface area contributed by atoms with E-state index in [-0.39, 0.29) is 0 Å². The molecule has 0 aliphatic heterocycles. The van der Waals surface area contributed by atoms with Crippen LogP contribution in [0.4, 0.5) is 11.4 Å². The monoisotopic (exact) mass is 456 g/mol. The fourth-order valence-corrected chi connectivity index (χ4v) is 5.12. The maximum atomic E-state index is 13.5. The normalized spacial score (nSPS) is 19.0. The molecule has 0 saturated heterocycles. The van der Waals surface area contributed by atoms with Crippen molar-refractivity contribution in [1.82, 2.24) is 9.97 Å². The van der Waals surface area contributed by atoms with Gasteiger partial charge in [-0.3, -0.25) is 19.2 Å². The number of nitrogens with one attached hydrogen (secondary N) is 2. The van der Waals surface area contributed by atoms with Crippen LogP contribution in [0.3, 0.4) is 0 Å². The number of aromatic amines is 2. The average molecular weight is 457 g/mol. The first-order valence-corrected chi connectivity index (χ1v) is 11.2. The Bertz CT molecular complexity index is 1400. The summed E-state index contributed by atoms with van der Waals surface area (Å²) < 4.78 is 0. The minimum atomic E-state index is -1.48. The maximum Gasteiger partial charge on any atom is 0.214 e. The molecule has 34 heavy (non-hydrogen) atoms. The summed E-state index contributed by atoms with van der Waals surface area (Å²) >= 11 is 0. The van der Waals surface area contributed by atoms with Crippen LogP contribution in [0.15, 0.2) is 36.4 Å². The number of anilines is 2. The zero-order chi connectivity index (χ0) is 24.3. The molecule has 172 valence electrons. The zero-order valence-electron chi connectivity index (χ0n) is 18.8. The first-order chi connectivity index (χ1) is 16.3. The quantitative estimate of drug-likeness (QED) is 0.210. The Balaban J connectivity index is 1.68. The number of rotatable bonds is 4. The molecule has 1 saturated carbocycles. The summed E-state index contributed by atoms with van der Waals surface area (Å²) in [5, 5.41) is 1.13. The van der Waals surface area contributed by atoms with Crippen LogP contribution in [0.2, 0.25) is 0 Å². The Labute approximate surface area is 194 Å². The molecule has 0 spiro atoms. The third-order valence-electron chi connectivity index (χ3n) is 6.71. The fraction of sp³-hybridized carbons (Fsp3) is 0.231. The Morgan fingerprint density at radius 3 is 1.32 bits per heavy atom. The van der Waals surface area contributed by atoms with Crippen LogP contribution in [0, 0.1) is 0 Å². The topological polar surface area (TPSA) is 152 Å². The van der Waals surface area contributed by atoms with Crippen LogP contribution in [-0.4, -0.2) is 33.1 Å². The van der Waals surface area contributed by atoms with Gasteiger partial charge in [-0.25, -0.2) is 0 Å². The maximum absolute atomic E-state index is 13.5. The third kappa shape index (κ3) is 2.98. The van der Waals surface area contributed by atoms with Gasteiger partial charge in [-0.15, -0.1) is 0 Å². The molecule has 0 unspecified atom stereocenters. The lowest BCUT2D eigenvalue weighted by molar-refractivity contribution is -0.151. The summed E-state index contributed by atoms with van der Waals surface area (Å²) in [6, 6.07) is 10.2. The molecule has 8 heteroatoms. The van der Waals surface area contributed by atoms with E-state index in [9.17, 15) is 19.2 Å². The third-order valence-corrected chi connectivity index (χ3v) is 6.71. The highest BCUT2D eigenvalue weighted by Crippen LogP contribution is 2.40. The summed E-state index contributed by atoms with van der Waals surface area (Å²) in [6.45, 7) is 3.73. The van der Waals surface area contributed by atoms with Crippen molar-refractivity contribution in [3.63, 3.8) is 0 Å². The molecule has 2 heterocycles. The number of benzene rings is 2. The van der Waals surface area contributed by atoms with Gasteiger partial charge in [0.15, 0.2) is 0 Å². The summed E-state index contributed by atoms with van der Waals surface area (Å²) in [7, 11) is 0. The second-order valence-corrected chi connectivity index (χ2v) is 8.67. The predicted octanol–water partition coefficient (Wildman–Crippen LogP) is 3.10. The largest absolute Gasteiger partial charge is 0.399 e. The van der Waals surface area contributed by atoms with Crippen LogP contribution in [0.25, 0.3) is 21.8 Å². The standard InChI is InChI=1S/C26H24N4O4/c1-3-15-19(13-9-11(27)5-7-17(13)29-15)21-23(31)25(33)22(26(34)24(21)32)20-14-10-12(28)6-8-18(14)30-16(20)4-2/h5-10,21-22,29-30H,3-4,27-28H2,1-2H3. The van der Waals surface area contributed by atoms with Crippen LogP contribution in [0.5, 0.6) is 0 Å². The molecule has 0 atom stereocenters. The molecule has 0 amide bonds. The molecule has 2 aromatic carbocycles.